The summed E-state index contributed by atoms with van der Waals surface area (Å²) < 4.78 is 0. The molecule has 0 radical (unpaired) electrons. The topological polar surface area (TPSA) is 32.7 Å². The minimum absolute atomic E-state index is 0.292. The molecule has 2 amide bonds. The fraction of sp³-hybridized carbons (Fsp3) is 0.273. The number of carbonyl (C=O) groups excluding carboxylic acids is 1. The Morgan fingerprint density at radius 1 is 1.40 bits per heavy atom. The number of urea groups is 1. The average molecular weight is 218 g/mol. The van der Waals surface area contributed by atoms with E-state index in [1.54, 1.807) is 4.90 Å². The fourth-order valence-electron chi connectivity index (χ4n) is 1.77. The van der Waals surface area contributed by atoms with E-state index in [4.69, 9.17) is 0 Å². The van der Waals surface area contributed by atoms with Crippen molar-refractivity contribution in [2.24, 2.45) is 4.99 Å². The van der Waals surface area contributed by atoms with Crippen LogP contribution in [0.25, 0.3) is 0 Å². The maximum atomic E-state index is 11.4. The maximum absolute atomic E-state index is 11.4. The molecular weight excluding hydrogens is 208 g/mol. The molecule has 0 bridgehead atoms. The van der Waals surface area contributed by atoms with Gasteiger partial charge in [-0.05, 0) is 29.8 Å². The molecule has 2 rings (SSSR count). The number of nitrogens with zero attached hydrogens (tertiary/aromatic N) is 2. The number of fused-ring (bicyclic) bond motifs is 1. The maximum Gasteiger partial charge on any atom is 0.352 e. The Balaban J connectivity index is 2.18. The van der Waals surface area contributed by atoms with Crippen molar-refractivity contribution in [1.82, 2.24) is 4.90 Å². The van der Waals surface area contributed by atoms with Crippen molar-refractivity contribution in [1.29, 1.82) is 0 Å². The van der Waals surface area contributed by atoms with Crippen molar-refractivity contribution in [2.45, 2.75) is 13.0 Å². The number of amides is 2. The lowest BCUT2D eigenvalue weighted by Gasteiger charge is -2.26. The molecule has 0 N–H and O–H groups in total. The van der Waals surface area contributed by atoms with Crippen LogP contribution in [0, 0.1) is 0 Å². The van der Waals surface area contributed by atoms with Crippen molar-refractivity contribution in [3.63, 3.8) is 0 Å². The van der Waals surface area contributed by atoms with Gasteiger partial charge in [-0.2, -0.15) is 0 Å². The highest BCUT2D eigenvalue weighted by molar-refractivity contribution is 7.78. The minimum atomic E-state index is -0.292. The zero-order valence-electron chi connectivity index (χ0n) is 8.14. The van der Waals surface area contributed by atoms with Gasteiger partial charge in [0.25, 0.3) is 0 Å². The summed E-state index contributed by atoms with van der Waals surface area (Å²) >= 11 is 4.41. The van der Waals surface area contributed by atoms with Gasteiger partial charge in [0.1, 0.15) is 0 Å². The first-order chi connectivity index (χ1) is 7.31. The summed E-state index contributed by atoms with van der Waals surface area (Å²) in [4.78, 5) is 16.6. The molecule has 1 aliphatic rings. The zero-order chi connectivity index (χ0) is 10.7. The molecule has 0 atom stereocenters. The molecule has 0 spiro atoms. The van der Waals surface area contributed by atoms with Crippen molar-refractivity contribution >= 4 is 23.4 Å². The molecule has 15 heavy (non-hydrogen) atoms. The van der Waals surface area contributed by atoms with Gasteiger partial charge in [-0.25, -0.2) is 4.79 Å². The highest BCUT2D eigenvalue weighted by Gasteiger charge is 2.19. The van der Waals surface area contributed by atoms with E-state index in [9.17, 15) is 4.79 Å². The number of isothiocyanates is 1. The first-order valence-electron chi connectivity index (χ1n) is 4.75. The zero-order valence-corrected chi connectivity index (χ0v) is 8.96. The lowest BCUT2D eigenvalue weighted by Crippen LogP contribution is -2.33. The van der Waals surface area contributed by atoms with Crippen LogP contribution < -0.4 is 0 Å². The van der Waals surface area contributed by atoms with Crippen molar-refractivity contribution < 1.29 is 4.79 Å². The third kappa shape index (κ3) is 2.12. The Labute approximate surface area is 93.4 Å². The SMILES string of the molecule is O=C(N=C=S)N1CCc2ccccc2C1. The van der Waals surface area contributed by atoms with Crippen molar-refractivity contribution in [3.8, 4) is 0 Å². The van der Waals surface area contributed by atoms with E-state index in [1.165, 1.54) is 11.1 Å². The molecular formula is C11H10N2OS. The predicted octanol–water partition coefficient (Wildman–Crippen LogP) is 2.27. The Morgan fingerprint density at radius 2 is 2.13 bits per heavy atom. The molecule has 0 unspecified atom stereocenters. The monoisotopic (exact) mass is 218 g/mol. The van der Waals surface area contributed by atoms with Crippen LogP contribution >= 0.6 is 12.2 Å². The fourth-order valence-corrected chi connectivity index (χ4v) is 1.85. The number of aliphatic imine (C=N–C) groups is 1. The van der Waals surface area contributed by atoms with Crippen LogP contribution in [-0.2, 0) is 13.0 Å². The molecule has 76 valence electrons. The Hall–Kier alpha value is -1.51. The van der Waals surface area contributed by atoms with Crippen LogP contribution in [0.4, 0.5) is 4.79 Å². The first-order valence-corrected chi connectivity index (χ1v) is 5.15. The Morgan fingerprint density at radius 3 is 2.87 bits per heavy atom. The van der Waals surface area contributed by atoms with Crippen LogP contribution in [-0.4, -0.2) is 22.6 Å². The normalized spacial score (nSPS) is 14.0. The molecule has 0 aromatic heterocycles. The van der Waals surface area contributed by atoms with E-state index in [2.05, 4.69) is 28.4 Å². The summed E-state index contributed by atoms with van der Waals surface area (Å²) in [6.45, 7) is 1.33. The molecule has 1 aromatic carbocycles. The van der Waals surface area contributed by atoms with E-state index < -0.39 is 0 Å². The Kier molecular flexibility index (Phi) is 2.90. The Bertz CT molecular complexity index is 438. The highest BCUT2D eigenvalue weighted by Crippen LogP contribution is 2.18. The number of hydrogen-bond acceptors (Lipinski definition) is 2. The van der Waals surface area contributed by atoms with Crippen molar-refractivity contribution in [3.05, 3.63) is 35.4 Å². The number of hydrogen-bond donors (Lipinski definition) is 0. The molecule has 0 saturated heterocycles. The summed E-state index contributed by atoms with van der Waals surface area (Å²) in [6, 6.07) is 7.84. The summed E-state index contributed by atoms with van der Waals surface area (Å²) in [5, 5.41) is 2.11. The first kappa shape index (κ1) is 10.0. The average Bonchev–Trinajstić information content (AvgIpc) is 2.29. The molecule has 1 aromatic rings. The molecule has 4 heteroatoms. The van der Waals surface area contributed by atoms with Gasteiger partial charge in [-0.15, -0.1) is 4.99 Å². The van der Waals surface area contributed by atoms with Gasteiger partial charge < -0.3 is 4.90 Å². The van der Waals surface area contributed by atoms with Crippen LogP contribution in [0.5, 0.6) is 0 Å². The smallest absolute Gasteiger partial charge is 0.318 e. The standard InChI is InChI=1S/C11H10N2OS/c14-11(12-8-15)13-6-5-9-3-1-2-4-10(9)7-13/h1-4H,5-7H2. The molecule has 1 aliphatic heterocycles. The summed E-state index contributed by atoms with van der Waals surface area (Å²) in [5.41, 5.74) is 2.50. The van der Waals surface area contributed by atoms with Crippen molar-refractivity contribution in [2.75, 3.05) is 6.54 Å². The third-order valence-electron chi connectivity index (χ3n) is 2.54. The van der Waals surface area contributed by atoms with Gasteiger partial charge in [0, 0.05) is 13.1 Å². The second-order valence-corrected chi connectivity index (χ2v) is 3.61. The number of thiocarbonyl (C=S) groups is 1. The number of benzene rings is 1. The number of rotatable bonds is 0. The van der Waals surface area contributed by atoms with Gasteiger partial charge >= 0.3 is 6.03 Å². The van der Waals surface area contributed by atoms with Gasteiger partial charge in [0.05, 0.1) is 5.16 Å². The summed E-state index contributed by atoms with van der Waals surface area (Å²) in [7, 11) is 0. The quantitative estimate of drug-likeness (QED) is 0.494. The second-order valence-electron chi connectivity index (χ2n) is 3.43. The van der Waals surface area contributed by atoms with E-state index in [1.807, 2.05) is 18.2 Å². The van der Waals surface area contributed by atoms with Gasteiger partial charge in [0.15, 0.2) is 0 Å². The predicted molar refractivity (Wildman–Crippen MR) is 61.0 cm³/mol. The lowest BCUT2D eigenvalue weighted by molar-refractivity contribution is 0.203. The van der Waals surface area contributed by atoms with E-state index in [0.717, 1.165) is 6.42 Å². The minimum Gasteiger partial charge on any atom is -0.318 e. The molecule has 1 heterocycles. The van der Waals surface area contributed by atoms with Gasteiger partial charge in [-0.1, -0.05) is 24.3 Å². The lowest BCUT2D eigenvalue weighted by atomic mass is 10.0. The third-order valence-corrected chi connectivity index (χ3v) is 2.63. The van der Waals surface area contributed by atoms with Crippen LogP contribution in [0.2, 0.25) is 0 Å². The molecule has 0 saturated carbocycles. The second kappa shape index (κ2) is 4.34. The van der Waals surface area contributed by atoms with Gasteiger partial charge in [-0.3, -0.25) is 0 Å². The van der Waals surface area contributed by atoms with E-state index in [-0.39, 0.29) is 6.03 Å². The summed E-state index contributed by atoms with van der Waals surface area (Å²) in [6.07, 6.45) is 0.884. The van der Waals surface area contributed by atoms with Crippen LogP contribution in [0.3, 0.4) is 0 Å². The van der Waals surface area contributed by atoms with E-state index in [0.29, 0.717) is 13.1 Å². The number of carbonyl (C=O) groups is 1. The van der Waals surface area contributed by atoms with Crippen LogP contribution in [0.1, 0.15) is 11.1 Å². The van der Waals surface area contributed by atoms with Crippen LogP contribution in [0.15, 0.2) is 29.3 Å². The summed E-state index contributed by atoms with van der Waals surface area (Å²) in [5.74, 6) is 0. The van der Waals surface area contributed by atoms with Gasteiger partial charge in [0.2, 0.25) is 0 Å². The van der Waals surface area contributed by atoms with E-state index >= 15 is 0 Å². The molecule has 0 aliphatic carbocycles. The largest absolute Gasteiger partial charge is 0.352 e. The molecule has 0 fully saturated rings. The highest BCUT2D eigenvalue weighted by atomic mass is 32.1. The molecule has 3 nitrogen and oxygen atoms in total.